The number of pyridine rings is 1. The van der Waals surface area contributed by atoms with Crippen molar-refractivity contribution in [3.8, 4) is 0 Å². The van der Waals surface area contributed by atoms with Crippen LogP contribution in [0.4, 0.5) is 5.82 Å². The van der Waals surface area contributed by atoms with Crippen LogP contribution in [0.1, 0.15) is 26.3 Å². The SMILES string of the molecule is CNc1nc2c(Br)cccc2cc1C(C)(C)C. The minimum atomic E-state index is 0.0852. The molecule has 90 valence electrons. The molecule has 0 atom stereocenters. The molecule has 0 saturated carbocycles. The molecular formula is C14H17BrN2. The summed E-state index contributed by atoms with van der Waals surface area (Å²) in [6.45, 7) is 6.61. The van der Waals surface area contributed by atoms with Crippen LogP contribution in [0.5, 0.6) is 0 Å². The number of hydrogen-bond acceptors (Lipinski definition) is 2. The smallest absolute Gasteiger partial charge is 0.130 e. The van der Waals surface area contributed by atoms with Crippen molar-refractivity contribution < 1.29 is 0 Å². The summed E-state index contributed by atoms with van der Waals surface area (Å²) in [6, 6.07) is 8.38. The van der Waals surface area contributed by atoms with E-state index in [0.29, 0.717) is 0 Å². The quantitative estimate of drug-likeness (QED) is 0.846. The molecule has 1 aromatic carbocycles. The van der Waals surface area contributed by atoms with Gasteiger partial charge >= 0.3 is 0 Å². The maximum Gasteiger partial charge on any atom is 0.130 e. The first-order valence-electron chi connectivity index (χ1n) is 5.71. The predicted molar refractivity (Wildman–Crippen MR) is 77.7 cm³/mol. The Balaban J connectivity index is 2.78. The Morgan fingerprint density at radius 1 is 1.24 bits per heavy atom. The molecule has 0 radical (unpaired) electrons. The van der Waals surface area contributed by atoms with Gasteiger partial charge in [-0.25, -0.2) is 4.98 Å². The first-order chi connectivity index (χ1) is 7.93. The lowest BCUT2D eigenvalue weighted by Gasteiger charge is -2.22. The standard InChI is InChI=1S/C14H17BrN2/c1-14(2,3)10-8-9-6-5-7-11(15)12(9)17-13(10)16-4/h5-8H,1-4H3,(H,16,17). The van der Waals surface area contributed by atoms with Crippen molar-refractivity contribution in [3.63, 3.8) is 0 Å². The summed E-state index contributed by atoms with van der Waals surface area (Å²) in [5, 5.41) is 4.36. The molecule has 0 amide bonds. The van der Waals surface area contributed by atoms with Gasteiger partial charge in [-0.3, -0.25) is 0 Å². The van der Waals surface area contributed by atoms with Crippen molar-refractivity contribution in [3.05, 3.63) is 34.3 Å². The van der Waals surface area contributed by atoms with E-state index in [9.17, 15) is 0 Å². The third-order valence-corrected chi connectivity index (χ3v) is 3.48. The van der Waals surface area contributed by atoms with Gasteiger partial charge in [0, 0.05) is 22.5 Å². The van der Waals surface area contributed by atoms with E-state index in [1.54, 1.807) is 0 Å². The molecule has 1 heterocycles. The number of nitrogens with one attached hydrogen (secondary N) is 1. The summed E-state index contributed by atoms with van der Waals surface area (Å²) < 4.78 is 1.03. The normalized spacial score (nSPS) is 11.8. The Labute approximate surface area is 111 Å². The van der Waals surface area contributed by atoms with Gasteiger partial charge in [0.2, 0.25) is 0 Å². The van der Waals surface area contributed by atoms with Crippen LogP contribution in [0.15, 0.2) is 28.7 Å². The number of benzene rings is 1. The van der Waals surface area contributed by atoms with Crippen LogP contribution >= 0.6 is 15.9 Å². The maximum absolute atomic E-state index is 4.70. The van der Waals surface area contributed by atoms with Crippen LogP contribution in [0.3, 0.4) is 0 Å². The summed E-state index contributed by atoms with van der Waals surface area (Å²) in [5.74, 6) is 0.955. The van der Waals surface area contributed by atoms with Gasteiger partial charge in [-0.2, -0.15) is 0 Å². The molecule has 1 N–H and O–H groups in total. The van der Waals surface area contributed by atoms with Gasteiger partial charge in [0.15, 0.2) is 0 Å². The van der Waals surface area contributed by atoms with Crippen molar-refractivity contribution in [2.24, 2.45) is 0 Å². The number of anilines is 1. The van der Waals surface area contributed by atoms with E-state index in [1.807, 2.05) is 19.2 Å². The van der Waals surface area contributed by atoms with Crippen LogP contribution in [0.2, 0.25) is 0 Å². The average molecular weight is 293 g/mol. The van der Waals surface area contributed by atoms with Gasteiger partial charge in [0.05, 0.1) is 5.52 Å². The zero-order chi connectivity index (χ0) is 12.6. The molecule has 2 nitrogen and oxygen atoms in total. The van der Waals surface area contributed by atoms with Crippen LogP contribution in [0.25, 0.3) is 10.9 Å². The van der Waals surface area contributed by atoms with E-state index >= 15 is 0 Å². The number of hydrogen-bond donors (Lipinski definition) is 1. The highest BCUT2D eigenvalue weighted by atomic mass is 79.9. The monoisotopic (exact) mass is 292 g/mol. The highest BCUT2D eigenvalue weighted by molar-refractivity contribution is 9.10. The summed E-state index contributed by atoms with van der Waals surface area (Å²) in [4.78, 5) is 4.70. The Morgan fingerprint density at radius 3 is 2.53 bits per heavy atom. The van der Waals surface area contributed by atoms with E-state index < -0.39 is 0 Å². The topological polar surface area (TPSA) is 24.9 Å². The van der Waals surface area contributed by atoms with Gasteiger partial charge in [0.25, 0.3) is 0 Å². The van der Waals surface area contributed by atoms with Gasteiger partial charge in [-0.1, -0.05) is 32.9 Å². The minimum Gasteiger partial charge on any atom is -0.373 e. The summed E-state index contributed by atoms with van der Waals surface area (Å²) in [7, 11) is 1.92. The van der Waals surface area contributed by atoms with Crippen molar-refractivity contribution in [2.45, 2.75) is 26.2 Å². The number of fused-ring (bicyclic) bond motifs is 1. The predicted octanol–water partition coefficient (Wildman–Crippen LogP) is 4.34. The molecule has 2 aromatic rings. The molecule has 0 unspecified atom stereocenters. The van der Waals surface area contributed by atoms with Crippen LogP contribution < -0.4 is 5.32 Å². The number of halogens is 1. The van der Waals surface area contributed by atoms with E-state index in [0.717, 1.165) is 15.8 Å². The summed E-state index contributed by atoms with van der Waals surface area (Å²) in [6.07, 6.45) is 0. The second kappa shape index (κ2) is 4.30. The Hall–Kier alpha value is -1.09. The van der Waals surface area contributed by atoms with Crippen LogP contribution in [-0.2, 0) is 5.41 Å². The third-order valence-electron chi connectivity index (χ3n) is 2.84. The third kappa shape index (κ3) is 2.29. The highest BCUT2D eigenvalue weighted by Gasteiger charge is 2.19. The molecule has 17 heavy (non-hydrogen) atoms. The molecule has 0 aliphatic carbocycles. The lowest BCUT2D eigenvalue weighted by Crippen LogP contribution is -2.15. The summed E-state index contributed by atoms with van der Waals surface area (Å²) >= 11 is 3.54. The van der Waals surface area contributed by atoms with E-state index in [4.69, 9.17) is 4.98 Å². The number of para-hydroxylation sites is 1. The second-order valence-corrected chi connectivity index (χ2v) is 6.05. The van der Waals surface area contributed by atoms with Crippen molar-refractivity contribution in [1.29, 1.82) is 0 Å². The fourth-order valence-electron chi connectivity index (χ4n) is 1.92. The Bertz CT molecular complexity index is 556. The molecule has 1 aromatic heterocycles. The fourth-order valence-corrected chi connectivity index (χ4v) is 2.39. The first kappa shape index (κ1) is 12.4. The van der Waals surface area contributed by atoms with Crippen molar-refractivity contribution in [2.75, 3.05) is 12.4 Å². The molecule has 3 heteroatoms. The average Bonchev–Trinajstić information content (AvgIpc) is 2.27. The van der Waals surface area contributed by atoms with Gasteiger partial charge < -0.3 is 5.32 Å². The Morgan fingerprint density at radius 2 is 1.94 bits per heavy atom. The zero-order valence-electron chi connectivity index (χ0n) is 10.6. The van der Waals surface area contributed by atoms with Gasteiger partial charge in [-0.05, 0) is 33.5 Å². The molecule has 0 spiro atoms. The van der Waals surface area contributed by atoms with Crippen molar-refractivity contribution >= 4 is 32.7 Å². The highest BCUT2D eigenvalue weighted by Crippen LogP contribution is 2.33. The van der Waals surface area contributed by atoms with Gasteiger partial charge in [0.1, 0.15) is 5.82 Å². The molecule has 0 saturated heterocycles. The Kier molecular flexibility index (Phi) is 3.13. The second-order valence-electron chi connectivity index (χ2n) is 5.20. The summed E-state index contributed by atoms with van der Waals surface area (Å²) in [5.41, 5.74) is 2.33. The fraction of sp³-hybridized carbons (Fsp3) is 0.357. The first-order valence-corrected chi connectivity index (χ1v) is 6.50. The number of rotatable bonds is 1. The molecule has 2 rings (SSSR count). The molecule has 0 aliphatic heterocycles. The lowest BCUT2D eigenvalue weighted by atomic mass is 9.86. The van der Waals surface area contributed by atoms with Crippen LogP contribution in [0, 0.1) is 0 Å². The molecular weight excluding hydrogens is 276 g/mol. The molecule has 0 aliphatic rings. The lowest BCUT2D eigenvalue weighted by molar-refractivity contribution is 0.591. The minimum absolute atomic E-state index is 0.0852. The van der Waals surface area contributed by atoms with Crippen molar-refractivity contribution in [1.82, 2.24) is 4.98 Å². The van der Waals surface area contributed by atoms with Crippen LogP contribution in [-0.4, -0.2) is 12.0 Å². The maximum atomic E-state index is 4.70. The van der Waals surface area contributed by atoms with Gasteiger partial charge in [-0.15, -0.1) is 0 Å². The number of aromatic nitrogens is 1. The largest absolute Gasteiger partial charge is 0.373 e. The number of nitrogens with zero attached hydrogens (tertiary/aromatic N) is 1. The molecule has 0 bridgehead atoms. The zero-order valence-corrected chi connectivity index (χ0v) is 12.2. The van der Waals surface area contributed by atoms with E-state index in [2.05, 4.69) is 54.2 Å². The molecule has 0 fully saturated rings. The van der Waals surface area contributed by atoms with E-state index in [1.165, 1.54) is 10.9 Å². The van der Waals surface area contributed by atoms with E-state index in [-0.39, 0.29) is 5.41 Å².